The van der Waals surface area contributed by atoms with E-state index in [2.05, 4.69) is 20.3 Å². The standard InChI is InChI=1S/C10H10N6S/c1-2-16-7(5-12-15-16)8-6-3-4-17-9(6)14-10(11)13-8/h3-5H,2H2,1H3,(H2,11,13,14). The van der Waals surface area contributed by atoms with Gasteiger partial charge in [0, 0.05) is 11.9 Å². The second-order valence-electron chi connectivity index (χ2n) is 3.50. The van der Waals surface area contributed by atoms with E-state index in [9.17, 15) is 0 Å². The molecule has 7 heteroatoms. The molecule has 3 heterocycles. The lowest BCUT2D eigenvalue weighted by molar-refractivity contribution is 0.632. The summed E-state index contributed by atoms with van der Waals surface area (Å²) in [6.45, 7) is 2.75. The van der Waals surface area contributed by atoms with Crippen LogP contribution in [0.4, 0.5) is 5.95 Å². The minimum Gasteiger partial charge on any atom is -0.368 e. The van der Waals surface area contributed by atoms with Gasteiger partial charge >= 0.3 is 0 Å². The zero-order valence-corrected chi connectivity index (χ0v) is 9.98. The Kier molecular flexibility index (Phi) is 2.25. The van der Waals surface area contributed by atoms with Gasteiger partial charge in [-0.25, -0.2) is 14.6 Å². The van der Waals surface area contributed by atoms with Gasteiger partial charge in [-0.15, -0.1) is 16.4 Å². The quantitative estimate of drug-likeness (QED) is 0.741. The molecule has 6 nitrogen and oxygen atoms in total. The molecule has 0 saturated heterocycles. The summed E-state index contributed by atoms with van der Waals surface area (Å²) in [5.41, 5.74) is 7.37. The molecule has 0 saturated carbocycles. The Balaban J connectivity index is 2.32. The number of aryl methyl sites for hydroxylation is 1. The van der Waals surface area contributed by atoms with E-state index in [0.29, 0.717) is 0 Å². The lowest BCUT2D eigenvalue weighted by Gasteiger charge is -2.04. The second-order valence-corrected chi connectivity index (χ2v) is 4.40. The molecule has 86 valence electrons. The summed E-state index contributed by atoms with van der Waals surface area (Å²) in [7, 11) is 0. The molecule has 0 aliphatic rings. The number of rotatable bonds is 2. The van der Waals surface area contributed by atoms with Gasteiger partial charge in [0.05, 0.1) is 6.20 Å². The molecule has 3 rings (SSSR count). The number of aromatic nitrogens is 5. The molecule has 0 aliphatic carbocycles. The van der Waals surface area contributed by atoms with Crippen molar-refractivity contribution in [2.24, 2.45) is 0 Å². The average molecular weight is 246 g/mol. The number of nitrogens with two attached hydrogens (primary N) is 1. The summed E-state index contributed by atoms with van der Waals surface area (Å²) in [6, 6.07) is 1.99. The van der Waals surface area contributed by atoms with Gasteiger partial charge in [0.25, 0.3) is 0 Å². The zero-order chi connectivity index (χ0) is 11.8. The van der Waals surface area contributed by atoms with E-state index in [1.807, 2.05) is 18.4 Å². The van der Waals surface area contributed by atoms with E-state index in [1.54, 1.807) is 22.2 Å². The number of anilines is 1. The molecular weight excluding hydrogens is 236 g/mol. The normalized spacial score (nSPS) is 11.1. The first-order chi connectivity index (χ1) is 8.29. The van der Waals surface area contributed by atoms with Crippen LogP contribution in [0.25, 0.3) is 21.6 Å². The van der Waals surface area contributed by atoms with E-state index < -0.39 is 0 Å². The number of hydrogen-bond acceptors (Lipinski definition) is 6. The highest BCUT2D eigenvalue weighted by molar-refractivity contribution is 7.16. The van der Waals surface area contributed by atoms with Crippen molar-refractivity contribution >= 4 is 27.5 Å². The van der Waals surface area contributed by atoms with Crippen LogP contribution in [0.3, 0.4) is 0 Å². The topological polar surface area (TPSA) is 82.5 Å². The highest BCUT2D eigenvalue weighted by atomic mass is 32.1. The van der Waals surface area contributed by atoms with Crippen molar-refractivity contribution in [3.63, 3.8) is 0 Å². The monoisotopic (exact) mass is 246 g/mol. The van der Waals surface area contributed by atoms with Crippen LogP contribution in [0.15, 0.2) is 17.6 Å². The Morgan fingerprint density at radius 2 is 2.29 bits per heavy atom. The summed E-state index contributed by atoms with van der Waals surface area (Å²) in [5, 5.41) is 10.9. The fraction of sp³-hybridized carbons (Fsp3) is 0.200. The highest BCUT2D eigenvalue weighted by Crippen LogP contribution is 2.29. The van der Waals surface area contributed by atoms with Gasteiger partial charge in [0.15, 0.2) is 0 Å². The van der Waals surface area contributed by atoms with Gasteiger partial charge in [-0.05, 0) is 18.4 Å². The van der Waals surface area contributed by atoms with Gasteiger partial charge in [-0.1, -0.05) is 5.21 Å². The number of fused-ring (bicyclic) bond motifs is 1. The SMILES string of the molecule is CCn1nncc1-c1nc(N)nc2sccc12. The molecule has 0 amide bonds. The molecule has 0 unspecified atom stereocenters. The molecule has 0 atom stereocenters. The van der Waals surface area contributed by atoms with Crippen LogP contribution in [0.1, 0.15) is 6.92 Å². The minimum atomic E-state index is 0.277. The Labute approximate surface area is 101 Å². The molecule has 0 aromatic carbocycles. The molecule has 0 fully saturated rings. The number of nitrogen functional groups attached to an aromatic ring is 1. The first-order valence-corrected chi connectivity index (χ1v) is 6.07. The maximum Gasteiger partial charge on any atom is 0.222 e. The molecule has 0 spiro atoms. The molecule has 3 aromatic rings. The van der Waals surface area contributed by atoms with E-state index in [1.165, 1.54) is 0 Å². The fourth-order valence-electron chi connectivity index (χ4n) is 1.74. The van der Waals surface area contributed by atoms with Gasteiger partial charge in [-0.3, -0.25) is 0 Å². The third-order valence-electron chi connectivity index (χ3n) is 2.50. The molecule has 3 aromatic heterocycles. The number of thiophene rings is 1. The van der Waals surface area contributed by atoms with E-state index in [4.69, 9.17) is 5.73 Å². The molecule has 2 N–H and O–H groups in total. The van der Waals surface area contributed by atoms with Gasteiger partial charge in [0.1, 0.15) is 16.2 Å². The van der Waals surface area contributed by atoms with E-state index in [0.717, 1.165) is 28.1 Å². The van der Waals surface area contributed by atoms with Crippen molar-refractivity contribution in [3.8, 4) is 11.4 Å². The Morgan fingerprint density at radius 1 is 1.41 bits per heavy atom. The highest BCUT2D eigenvalue weighted by Gasteiger charge is 2.13. The molecule has 0 radical (unpaired) electrons. The largest absolute Gasteiger partial charge is 0.368 e. The fourth-order valence-corrected chi connectivity index (χ4v) is 2.51. The van der Waals surface area contributed by atoms with Crippen LogP contribution >= 0.6 is 11.3 Å². The van der Waals surface area contributed by atoms with Crippen molar-refractivity contribution in [1.82, 2.24) is 25.0 Å². The maximum atomic E-state index is 5.72. The maximum absolute atomic E-state index is 5.72. The van der Waals surface area contributed by atoms with Crippen LogP contribution in [0.2, 0.25) is 0 Å². The predicted octanol–water partition coefficient (Wildman–Crippen LogP) is 1.55. The Morgan fingerprint density at radius 3 is 3.12 bits per heavy atom. The first kappa shape index (κ1) is 10.2. The molecule has 17 heavy (non-hydrogen) atoms. The van der Waals surface area contributed by atoms with Crippen LogP contribution in [-0.2, 0) is 6.54 Å². The van der Waals surface area contributed by atoms with Crippen LogP contribution in [-0.4, -0.2) is 25.0 Å². The summed E-state index contributed by atoms with van der Waals surface area (Å²) in [6.07, 6.45) is 1.70. The summed E-state index contributed by atoms with van der Waals surface area (Å²) < 4.78 is 1.79. The van der Waals surface area contributed by atoms with E-state index in [-0.39, 0.29) is 5.95 Å². The number of hydrogen-bond donors (Lipinski definition) is 1. The first-order valence-electron chi connectivity index (χ1n) is 5.19. The van der Waals surface area contributed by atoms with Crippen molar-refractivity contribution < 1.29 is 0 Å². The van der Waals surface area contributed by atoms with Crippen LogP contribution in [0, 0.1) is 0 Å². The number of nitrogens with zero attached hydrogens (tertiary/aromatic N) is 5. The van der Waals surface area contributed by atoms with Crippen LogP contribution in [0.5, 0.6) is 0 Å². The van der Waals surface area contributed by atoms with Crippen molar-refractivity contribution in [3.05, 3.63) is 17.6 Å². The smallest absolute Gasteiger partial charge is 0.222 e. The molecule has 0 bridgehead atoms. The summed E-state index contributed by atoms with van der Waals surface area (Å²) >= 11 is 1.55. The van der Waals surface area contributed by atoms with Crippen molar-refractivity contribution in [1.29, 1.82) is 0 Å². The summed E-state index contributed by atoms with van der Waals surface area (Å²) in [5.74, 6) is 0.277. The van der Waals surface area contributed by atoms with Gasteiger partial charge in [0.2, 0.25) is 5.95 Å². The Bertz CT molecular complexity index is 670. The van der Waals surface area contributed by atoms with Crippen LogP contribution < -0.4 is 5.73 Å². The summed E-state index contributed by atoms with van der Waals surface area (Å²) in [4.78, 5) is 9.38. The van der Waals surface area contributed by atoms with E-state index >= 15 is 0 Å². The molecule has 0 aliphatic heterocycles. The minimum absolute atomic E-state index is 0.277. The van der Waals surface area contributed by atoms with Crippen molar-refractivity contribution in [2.75, 3.05) is 5.73 Å². The average Bonchev–Trinajstić information content (AvgIpc) is 2.95. The van der Waals surface area contributed by atoms with Gasteiger partial charge < -0.3 is 5.73 Å². The second kappa shape index (κ2) is 3.77. The zero-order valence-electron chi connectivity index (χ0n) is 9.16. The predicted molar refractivity (Wildman–Crippen MR) is 66.5 cm³/mol. The molecular formula is C10H10N6S. The lowest BCUT2D eigenvalue weighted by Crippen LogP contribution is -2.02. The van der Waals surface area contributed by atoms with Gasteiger partial charge in [-0.2, -0.15) is 0 Å². The lowest BCUT2D eigenvalue weighted by atomic mass is 10.2. The Hall–Kier alpha value is -2.02. The third-order valence-corrected chi connectivity index (χ3v) is 3.31. The van der Waals surface area contributed by atoms with Crippen molar-refractivity contribution in [2.45, 2.75) is 13.5 Å². The third kappa shape index (κ3) is 1.55.